The third kappa shape index (κ3) is 2.16. The van der Waals surface area contributed by atoms with Crippen molar-refractivity contribution in [3.05, 3.63) is 51.9 Å². The number of nitro groups is 4. The largest absolute Gasteiger partial charge is 0.613 e. The molecular weight excluding hydrogens is 274 g/mol. The Hall–Kier alpha value is -3.45. The molecule has 0 bridgehead atoms. The molecule has 0 saturated carbocycles. The molecular formula is C5HN5O9. The van der Waals surface area contributed by atoms with Crippen molar-refractivity contribution < 1.29 is 24.4 Å². The van der Waals surface area contributed by atoms with Crippen molar-refractivity contribution in [2.75, 3.05) is 0 Å². The molecule has 1 heterocycles. The predicted molar refractivity (Wildman–Crippen MR) is 52.0 cm³/mol. The average molecular weight is 275 g/mol. The summed E-state index contributed by atoms with van der Waals surface area (Å²) in [6.45, 7) is 0. The molecule has 19 heavy (non-hydrogen) atoms. The van der Waals surface area contributed by atoms with Crippen molar-refractivity contribution in [3.63, 3.8) is 0 Å². The first-order chi connectivity index (χ1) is 8.68. The maximum atomic E-state index is 11.1. The van der Waals surface area contributed by atoms with E-state index in [2.05, 4.69) is 0 Å². The number of rotatable bonds is 4. The molecule has 0 aliphatic carbocycles. The predicted octanol–water partition coefficient (Wildman–Crippen LogP) is -0.0472. The molecule has 0 saturated heterocycles. The van der Waals surface area contributed by atoms with Gasteiger partial charge in [0.25, 0.3) is 6.20 Å². The van der Waals surface area contributed by atoms with Crippen molar-refractivity contribution in [2.24, 2.45) is 0 Å². The van der Waals surface area contributed by atoms with Gasteiger partial charge in [-0.15, -0.1) is 0 Å². The van der Waals surface area contributed by atoms with Crippen molar-refractivity contribution in [1.29, 1.82) is 0 Å². The highest BCUT2D eigenvalue weighted by Gasteiger charge is 2.51. The maximum absolute atomic E-state index is 11.1. The van der Waals surface area contributed by atoms with Gasteiger partial charge in [-0.2, -0.15) is 0 Å². The van der Waals surface area contributed by atoms with Crippen LogP contribution >= 0.6 is 0 Å². The van der Waals surface area contributed by atoms with Gasteiger partial charge in [0.05, 0.1) is 14.8 Å². The van der Waals surface area contributed by atoms with Crippen LogP contribution < -0.4 is 4.73 Å². The normalized spacial score (nSPS) is 9.89. The minimum Gasteiger partial charge on any atom is -0.613 e. The van der Waals surface area contributed by atoms with Gasteiger partial charge in [0.1, 0.15) is 4.92 Å². The molecule has 0 aliphatic heterocycles. The zero-order valence-corrected chi connectivity index (χ0v) is 8.49. The summed E-state index contributed by atoms with van der Waals surface area (Å²) in [4.78, 5) is 36.1. The zero-order valence-electron chi connectivity index (χ0n) is 8.49. The maximum Gasteiger partial charge on any atom is 0.599 e. The van der Waals surface area contributed by atoms with E-state index in [1.807, 2.05) is 0 Å². The van der Waals surface area contributed by atoms with Crippen molar-refractivity contribution in [3.8, 4) is 0 Å². The second-order valence-electron chi connectivity index (χ2n) is 2.89. The van der Waals surface area contributed by atoms with Gasteiger partial charge in [-0.25, -0.2) is 0 Å². The SMILES string of the molecule is O=[N+]([O-])c1c[n+]([O-])c([N+](=O)[O-])c([N+](=O)[O-])c1[N+](=O)[O-]. The van der Waals surface area contributed by atoms with E-state index in [0.29, 0.717) is 0 Å². The van der Waals surface area contributed by atoms with Crippen LogP contribution in [0, 0.1) is 45.7 Å². The van der Waals surface area contributed by atoms with Crippen LogP contribution in [0.5, 0.6) is 0 Å². The second-order valence-corrected chi connectivity index (χ2v) is 2.89. The Kier molecular flexibility index (Phi) is 3.18. The summed E-state index contributed by atoms with van der Waals surface area (Å²) in [7, 11) is 0. The molecule has 0 aliphatic rings. The van der Waals surface area contributed by atoms with E-state index in [1.165, 1.54) is 0 Å². The highest BCUT2D eigenvalue weighted by molar-refractivity contribution is 5.69. The van der Waals surface area contributed by atoms with E-state index in [0.717, 1.165) is 0 Å². The fourth-order valence-corrected chi connectivity index (χ4v) is 1.21. The Morgan fingerprint density at radius 3 is 1.58 bits per heavy atom. The minimum atomic E-state index is -1.85. The molecule has 0 fully saturated rings. The Balaban J connectivity index is 3.98. The van der Waals surface area contributed by atoms with Gasteiger partial charge in [-0.3, -0.25) is 40.5 Å². The number of pyridine rings is 1. The highest BCUT2D eigenvalue weighted by Crippen LogP contribution is 2.39. The molecule has 0 amide bonds. The van der Waals surface area contributed by atoms with Gasteiger partial charge in [0.15, 0.2) is 0 Å². The van der Waals surface area contributed by atoms with Gasteiger partial charge < -0.3 is 5.21 Å². The lowest BCUT2D eigenvalue weighted by Gasteiger charge is -1.99. The quantitative estimate of drug-likeness (QED) is 0.312. The lowest BCUT2D eigenvalue weighted by Crippen LogP contribution is -2.31. The fraction of sp³-hybridized carbons (Fsp3) is 0. The molecule has 14 nitrogen and oxygen atoms in total. The third-order valence-corrected chi connectivity index (χ3v) is 1.86. The summed E-state index contributed by atoms with van der Waals surface area (Å²) in [5, 5.41) is 53.3. The molecule has 0 aromatic carbocycles. The van der Waals surface area contributed by atoms with Gasteiger partial charge >= 0.3 is 22.9 Å². The topological polar surface area (TPSA) is 200 Å². The van der Waals surface area contributed by atoms with Crippen LogP contribution in [0.4, 0.5) is 22.9 Å². The van der Waals surface area contributed by atoms with Crippen LogP contribution in [0.3, 0.4) is 0 Å². The van der Waals surface area contributed by atoms with Crippen LogP contribution in [-0.2, 0) is 0 Å². The summed E-state index contributed by atoms with van der Waals surface area (Å²) in [6.07, 6.45) is -0.0801. The van der Waals surface area contributed by atoms with E-state index < -0.39 is 47.3 Å². The van der Waals surface area contributed by atoms with Gasteiger partial charge in [-0.05, 0) is 0 Å². The summed E-state index contributed by atoms with van der Waals surface area (Å²) < 4.78 is -0.775. The standard InChI is InChI=1S/C5HN5O9/c11-6-1-2(7(12)13)3(8(14)15)4(9(16)17)5(6)10(18)19/h1H. The van der Waals surface area contributed by atoms with Crippen molar-refractivity contribution in [2.45, 2.75) is 0 Å². The highest BCUT2D eigenvalue weighted by atomic mass is 16.7. The zero-order chi connectivity index (χ0) is 14.9. The lowest BCUT2D eigenvalue weighted by molar-refractivity contribution is -0.672. The molecule has 0 unspecified atom stereocenters. The first-order valence-corrected chi connectivity index (χ1v) is 4.06. The molecule has 14 heteroatoms. The summed E-state index contributed by atoms with van der Waals surface area (Å²) in [6, 6.07) is 0. The number of aromatic nitrogens is 1. The molecule has 0 radical (unpaired) electrons. The smallest absolute Gasteiger partial charge is 0.599 e. The number of hydrogen-bond acceptors (Lipinski definition) is 9. The summed E-state index contributed by atoms with van der Waals surface area (Å²) >= 11 is 0. The molecule has 1 aromatic rings. The first-order valence-electron chi connectivity index (χ1n) is 4.06. The van der Waals surface area contributed by atoms with Crippen LogP contribution in [0.25, 0.3) is 0 Å². The number of hydrogen-bond donors (Lipinski definition) is 0. The Morgan fingerprint density at radius 1 is 0.789 bits per heavy atom. The Morgan fingerprint density at radius 2 is 1.26 bits per heavy atom. The van der Waals surface area contributed by atoms with E-state index in [9.17, 15) is 45.7 Å². The number of nitrogens with zero attached hydrogens (tertiary/aromatic N) is 5. The van der Waals surface area contributed by atoms with Crippen molar-refractivity contribution >= 4 is 22.9 Å². The third-order valence-electron chi connectivity index (χ3n) is 1.86. The molecule has 100 valence electrons. The molecule has 0 N–H and O–H groups in total. The van der Waals surface area contributed by atoms with E-state index >= 15 is 0 Å². The minimum absolute atomic E-state index is 0.0801. The lowest BCUT2D eigenvalue weighted by atomic mass is 10.3. The van der Waals surface area contributed by atoms with E-state index in [-0.39, 0.29) is 6.20 Å². The molecule has 0 atom stereocenters. The van der Waals surface area contributed by atoms with E-state index in [1.54, 1.807) is 0 Å². The summed E-state index contributed by atoms with van der Waals surface area (Å²) in [5.74, 6) is -1.78. The van der Waals surface area contributed by atoms with Crippen molar-refractivity contribution in [1.82, 2.24) is 0 Å². The molecule has 1 aromatic heterocycles. The first kappa shape index (κ1) is 13.6. The van der Waals surface area contributed by atoms with Gasteiger partial charge in [0, 0.05) is 0 Å². The van der Waals surface area contributed by atoms with Crippen LogP contribution in [0.1, 0.15) is 0 Å². The van der Waals surface area contributed by atoms with E-state index in [4.69, 9.17) is 0 Å². The van der Waals surface area contributed by atoms with Crippen LogP contribution in [0.2, 0.25) is 0 Å². The average Bonchev–Trinajstić information content (AvgIpc) is 2.25. The fourth-order valence-electron chi connectivity index (χ4n) is 1.21. The second kappa shape index (κ2) is 4.43. The molecule has 1 rings (SSSR count). The van der Waals surface area contributed by atoms with Crippen LogP contribution in [0.15, 0.2) is 6.20 Å². The monoisotopic (exact) mass is 275 g/mol. The van der Waals surface area contributed by atoms with Gasteiger partial charge in [-0.1, -0.05) is 4.73 Å². The summed E-state index contributed by atoms with van der Waals surface area (Å²) in [5.41, 5.74) is -5.09. The van der Waals surface area contributed by atoms with Gasteiger partial charge in [0.2, 0.25) is 0 Å². The molecule has 0 spiro atoms. The Labute approximate surface area is 100 Å². The van der Waals surface area contributed by atoms with Crippen LogP contribution in [-0.4, -0.2) is 19.7 Å². The Bertz CT molecular complexity index is 624.